The van der Waals surface area contributed by atoms with Gasteiger partial charge in [0.05, 0.1) is 72.9 Å². The van der Waals surface area contributed by atoms with Crippen molar-refractivity contribution in [3.05, 3.63) is 70.0 Å². The van der Waals surface area contributed by atoms with Crippen LogP contribution in [-0.4, -0.2) is 77.1 Å². The van der Waals surface area contributed by atoms with Gasteiger partial charge in [-0.3, -0.25) is 14.3 Å². The van der Waals surface area contributed by atoms with Crippen molar-refractivity contribution in [3.8, 4) is 17.0 Å². The number of piperidine rings is 1. The van der Waals surface area contributed by atoms with E-state index in [0.717, 1.165) is 115 Å². The molecule has 11 nitrogen and oxygen atoms in total. The molecule has 3 aliphatic heterocycles. The highest BCUT2D eigenvalue weighted by atomic mass is 32.2. The van der Waals surface area contributed by atoms with Crippen molar-refractivity contribution in [1.82, 2.24) is 24.0 Å². The number of benzene rings is 2. The lowest BCUT2D eigenvalue weighted by Gasteiger charge is -2.45. The fourth-order valence-corrected chi connectivity index (χ4v) is 10.5. The van der Waals surface area contributed by atoms with E-state index in [0.29, 0.717) is 31.2 Å². The Labute approximate surface area is 329 Å². The van der Waals surface area contributed by atoms with Crippen LogP contribution >= 0.6 is 0 Å². The molecule has 2 atom stereocenters. The third-order valence-corrected chi connectivity index (χ3v) is 14.9. The Morgan fingerprint density at radius 3 is 2.29 bits per heavy atom. The molecule has 4 aromatic rings. The van der Waals surface area contributed by atoms with E-state index < -0.39 is 21.2 Å². The number of morpholine rings is 1. The predicted octanol–water partition coefficient (Wildman–Crippen LogP) is 8.01. The number of aromatic nitrogens is 3. The van der Waals surface area contributed by atoms with Crippen molar-refractivity contribution < 1.29 is 27.5 Å². The molecular formula is C44H53N5O6S. The third-order valence-electron chi connectivity index (χ3n) is 13.1. The largest absolute Gasteiger partial charge is 0.497 e. The van der Waals surface area contributed by atoms with Crippen LogP contribution in [0.15, 0.2) is 36.4 Å². The molecule has 0 radical (unpaired) electrons. The van der Waals surface area contributed by atoms with E-state index in [4.69, 9.17) is 14.6 Å². The molecule has 9 rings (SSSR count). The number of hydrogen-bond acceptors (Lipinski definition) is 7. The molecule has 2 saturated carbocycles. The van der Waals surface area contributed by atoms with E-state index in [1.54, 1.807) is 27.0 Å². The summed E-state index contributed by atoms with van der Waals surface area (Å²) in [6, 6.07) is 12.2. The van der Waals surface area contributed by atoms with Gasteiger partial charge in [-0.2, -0.15) is 5.10 Å². The van der Waals surface area contributed by atoms with Gasteiger partial charge in [0.15, 0.2) is 0 Å². The standard InChI is InChI=1S/C44H53N5O6S/c1-26(2)56(52,53)46-43(50)29-16-18-37-38(22-29)47-23-31(20-30-21-35(54-4)17-19-36(30)42(47)40(37)28-10-6-5-7-11-28)41-39(27(3)45-49(41)32-12-8-13-32)44(51)48-33-14-9-15-34(48)25-55-24-33/h16-22,26,28,32-34H,5-15,23-25H2,1-4H3,(H,46,50). The van der Waals surface area contributed by atoms with Crippen molar-refractivity contribution in [3.63, 3.8) is 0 Å². The maximum atomic E-state index is 15.1. The van der Waals surface area contributed by atoms with Crippen LogP contribution in [0.25, 0.3) is 33.8 Å². The van der Waals surface area contributed by atoms with Crippen LogP contribution in [0.5, 0.6) is 5.75 Å². The van der Waals surface area contributed by atoms with Gasteiger partial charge in [-0.05, 0) is 131 Å². The fourth-order valence-electron chi connectivity index (χ4n) is 9.93. The first-order valence-electron chi connectivity index (χ1n) is 20.6. The van der Waals surface area contributed by atoms with Crippen LogP contribution in [0, 0.1) is 6.92 Å². The summed E-state index contributed by atoms with van der Waals surface area (Å²) in [5.41, 5.74) is 8.82. The quantitative estimate of drug-likeness (QED) is 0.192. The number of sulfonamides is 1. The number of fused-ring (bicyclic) bond motifs is 7. The third kappa shape index (κ3) is 6.27. The average molecular weight is 780 g/mol. The van der Waals surface area contributed by atoms with Crippen LogP contribution in [0.4, 0.5) is 0 Å². The second-order valence-corrected chi connectivity index (χ2v) is 19.1. The van der Waals surface area contributed by atoms with Crippen molar-refractivity contribution in [2.75, 3.05) is 20.3 Å². The molecule has 12 heteroatoms. The number of ether oxygens (including phenoxy) is 2. The Hall–Kier alpha value is -4.42. The Balaban J connectivity index is 1.27. The van der Waals surface area contributed by atoms with Gasteiger partial charge in [-0.15, -0.1) is 0 Å². The lowest BCUT2D eigenvalue weighted by molar-refractivity contribution is -0.0566. The molecule has 2 unspecified atom stereocenters. The lowest BCUT2D eigenvalue weighted by Crippen LogP contribution is -2.57. The molecule has 56 heavy (non-hydrogen) atoms. The van der Waals surface area contributed by atoms with E-state index in [1.165, 1.54) is 12.0 Å². The topological polar surface area (TPSA) is 125 Å². The zero-order valence-electron chi connectivity index (χ0n) is 33.0. The lowest BCUT2D eigenvalue weighted by atomic mass is 9.81. The Kier molecular flexibility index (Phi) is 9.63. The van der Waals surface area contributed by atoms with Crippen LogP contribution in [0.2, 0.25) is 0 Å². The van der Waals surface area contributed by atoms with E-state index in [1.807, 2.05) is 25.1 Å². The van der Waals surface area contributed by atoms with Gasteiger partial charge >= 0.3 is 0 Å². The number of carbonyl (C=O) groups excluding carboxylic acids is 2. The van der Waals surface area contributed by atoms with Crippen molar-refractivity contribution in [1.29, 1.82) is 0 Å². The Bertz CT molecular complexity index is 2340. The SMILES string of the molecule is COc1ccc2c(c1)C=C(c1c(C(=O)N3C4CCCC3COC4)c(C)nn1C1CCC1)Cn1c-2c(C2CCCCC2)c2ccc(C(=O)NS(=O)(=O)C(C)C)cc21. The molecule has 2 aliphatic carbocycles. The number of nitrogens with one attached hydrogen (secondary N) is 1. The van der Waals surface area contributed by atoms with Crippen LogP contribution in [0.1, 0.15) is 140 Å². The molecule has 1 N–H and O–H groups in total. The summed E-state index contributed by atoms with van der Waals surface area (Å²) in [5.74, 6) is 0.450. The molecular weight excluding hydrogens is 727 g/mol. The first-order chi connectivity index (χ1) is 27.0. The predicted molar refractivity (Wildman–Crippen MR) is 217 cm³/mol. The monoisotopic (exact) mass is 779 g/mol. The summed E-state index contributed by atoms with van der Waals surface area (Å²) in [4.78, 5) is 30.8. The first kappa shape index (κ1) is 37.2. The van der Waals surface area contributed by atoms with Crippen molar-refractivity contribution in [2.24, 2.45) is 0 Å². The molecule has 0 spiro atoms. The number of aryl methyl sites for hydroxylation is 1. The van der Waals surface area contributed by atoms with E-state index in [2.05, 4.69) is 37.1 Å². The second kappa shape index (κ2) is 14.5. The molecule has 2 aromatic heterocycles. The average Bonchev–Trinajstić information content (AvgIpc) is 3.60. The molecule has 2 saturated heterocycles. The van der Waals surface area contributed by atoms with E-state index >= 15 is 4.79 Å². The number of carbonyl (C=O) groups is 2. The van der Waals surface area contributed by atoms with Crippen molar-refractivity contribution >= 4 is 44.4 Å². The minimum absolute atomic E-state index is 0.0305. The van der Waals surface area contributed by atoms with Crippen LogP contribution in [-0.2, 0) is 21.3 Å². The Morgan fingerprint density at radius 2 is 1.61 bits per heavy atom. The van der Waals surface area contributed by atoms with Crippen LogP contribution in [0.3, 0.4) is 0 Å². The Morgan fingerprint density at radius 1 is 0.893 bits per heavy atom. The number of amides is 2. The first-order valence-corrected chi connectivity index (χ1v) is 22.2. The summed E-state index contributed by atoms with van der Waals surface area (Å²) in [6.45, 7) is 6.63. The highest BCUT2D eigenvalue weighted by Crippen LogP contribution is 2.49. The van der Waals surface area contributed by atoms with Gasteiger partial charge in [0.25, 0.3) is 11.8 Å². The zero-order chi connectivity index (χ0) is 38.9. The normalized spacial score (nSPS) is 21.6. The molecule has 5 aliphatic rings. The highest BCUT2D eigenvalue weighted by molar-refractivity contribution is 7.90. The van der Waals surface area contributed by atoms with E-state index in [9.17, 15) is 13.2 Å². The minimum atomic E-state index is -3.84. The molecule has 4 fully saturated rings. The van der Waals surface area contributed by atoms with Gasteiger partial charge in [-0.25, -0.2) is 13.1 Å². The number of nitrogens with zero attached hydrogens (tertiary/aromatic N) is 4. The number of methoxy groups -OCH3 is 1. The smallest absolute Gasteiger partial charge is 0.264 e. The van der Waals surface area contributed by atoms with E-state index in [-0.39, 0.29) is 29.6 Å². The molecule has 2 bridgehead atoms. The molecule has 2 amide bonds. The van der Waals surface area contributed by atoms with Crippen molar-refractivity contribution in [2.45, 2.75) is 127 Å². The van der Waals surface area contributed by atoms with Crippen LogP contribution < -0.4 is 9.46 Å². The number of rotatable bonds is 8. The molecule has 5 heterocycles. The van der Waals surface area contributed by atoms with Gasteiger partial charge in [0.1, 0.15) is 5.75 Å². The zero-order valence-corrected chi connectivity index (χ0v) is 33.8. The summed E-state index contributed by atoms with van der Waals surface area (Å²) in [7, 11) is -2.16. The molecule has 296 valence electrons. The summed E-state index contributed by atoms with van der Waals surface area (Å²) < 4.78 is 44.2. The number of allylic oxidation sites excluding steroid dienone is 1. The molecule has 2 aromatic carbocycles. The second-order valence-electron chi connectivity index (χ2n) is 16.9. The van der Waals surface area contributed by atoms with Gasteiger partial charge in [0.2, 0.25) is 10.0 Å². The van der Waals surface area contributed by atoms with Gasteiger partial charge in [-0.1, -0.05) is 25.3 Å². The van der Waals surface area contributed by atoms with Gasteiger partial charge in [0, 0.05) is 22.0 Å². The number of hydrogen-bond donors (Lipinski definition) is 1. The highest BCUT2D eigenvalue weighted by Gasteiger charge is 2.42. The minimum Gasteiger partial charge on any atom is -0.497 e. The summed E-state index contributed by atoms with van der Waals surface area (Å²) in [5, 5.41) is 5.49. The summed E-state index contributed by atoms with van der Waals surface area (Å²) >= 11 is 0. The fraction of sp³-hybridized carbons (Fsp3) is 0.523. The van der Waals surface area contributed by atoms with Gasteiger partial charge < -0.3 is 18.9 Å². The summed E-state index contributed by atoms with van der Waals surface area (Å²) in [6.07, 6.45) is 14.0. The maximum absolute atomic E-state index is 15.1. The maximum Gasteiger partial charge on any atom is 0.264 e.